The maximum atomic E-state index is 10.8. The van der Waals surface area contributed by atoms with Gasteiger partial charge in [0.05, 0.1) is 38.1 Å². The molecule has 2 fully saturated rings. The monoisotopic (exact) mass is 584 g/mol. The molecule has 0 spiro atoms. The Balaban J connectivity index is 1.41. The van der Waals surface area contributed by atoms with Crippen LogP contribution in [0.25, 0.3) is 0 Å². The van der Waals surface area contributed by atoms with Crippen LogP contribution in [0.15, 0.2) is 54.6 Å². The standard InChI is InChI=1S/C32H44O4S2Si/c1-6-29(33)31-30(39(4,5)28-11-8-7-9-12-28)19-27(36-31)21-32(37-17-10-18-38-32)20-24(2)22-35-23-25-13-15-26(34-3)16-14-25/h1,7-9,11-16,24,27,29-31,33H,10,17-23H2,2-5H3/t24-,27+,29+,30+,31-/m0/s1. The van der Waals surface area contributed by atoms with Crippen molar-refractivity contribution in [2.45, 2.75) is 80.2 Å². The van der Waals surface area contributed by atoms with E-state index < -0.39 is 14.2 Å². The Morgan fingerprint density at radius 1 is 1.13 bits per heavy atom. The van der Waals surface area contributed by atoms with Crippen LogP contribution in [0.5, 0.6) is 5.75 Å². The van der Waals surface area contributed by atoms with Crippen molar-refractivity contribution in [3.8, 4) is 18.1 Å². The average Bonchev–Trinajstić information content (AvgIpc) is 3.38. The van der Waals surface area contributed by atoms with Crippen LogP contribution in [0.2, 0.25) is 18.6 Å². The molecule has 2 aromatic rings. The highest BCUT2D eigenvalue weighted by Gasteiger charge is 2.50. The molecule has 2 aliphatic heterocycles. The highest BCUT2D eigenvalue weighted by atomic mass is 32.2. The van der Waals surface area contributed by atoms with Crippen LogP contribution in [-0.4, -0.2) is 60.8 Å². The van der Waals surface area contributed by atoms with Crippen LogP contribution < -0.4 is 9.92 Å². The molecule has 0 aliphatic carbocycles. The zero-order chi connectivity index (χ0) is 27.9. The van der Waals surface area contributed by atoms with E-state index in [9.17, 15) is 5.11 Å². The van der Waals surface area contributed by atoms with E-state index >= 15 is 0 Å². The van der Waals surface area contributed by atoms with Crippen LogP contribution in [0, 0.1) is 18.3 Å². The van der Waals surface area contributed by atoms with E-state index in [0.717, 1.165) is 37.2 Å². The van der Waals surface area contributed by atoms with E-state index in [1.165, 1.54) is 23.1 Å². The number of aliphatic hydroxyl groups excluding tert-OH is 1. The minimum Gasteiger partial charge on any atom is -0.497 e. The molecule has 4 nitrogen and oxygen atoms in total. The lowest BCUT2D eigenvalue weighted by Gasteiger charge is -2.39. The summed E-state index contributed by atoms with van der Waals surface area (Å²) in [6.07, 6.45) is 8.93. The van der Waals surface area contributed by atoms with Gasteiger partial charge in [-0.2, -0.15) is 0 Å². The Morgan fingerprint density at radius 2 is 1.82 bits per heavy atom. The van der Waals surface area contributed by atoms with Gasteiger partial charge in [0, 0.05) is 6.61 Å². The number of hydrogen-bond acceptors (Lipinski definition) is 6. The van der Waals surface area contributed by atoms with Gasteiger partial charge in [0.25, 0.3) is 0 Å². The molecular formula is C32H44O4S2Si. The minimum atomic E-state index is -1.93. The average molecular weight is 585 g/mol. The topological polar surface area (TPSA) is 47.9 Å². The second kappa shape index (κ2) is 14.0. The Hall–Kier alpha value is -1.40. The summed E-state index contributed by atoms with van der Waals surface area (Å²) in [5.41, 5.74) is 1.43. The molecule has 0 aromatic heterocycles. The Morgan fingerprint density at radius 3 is 2.46 bits per heavy atom. The molecule has 2 heterocycles. The summed E-state index contributed by atoms with van der Waals surface area (Å²) in [5, 5.41) is 12.2. The Kier molecular flexibility index (Phi) is 11.0. The highest BCUT2D eigenvalue weighted by molar-refractivity contribution is 8.18. The first-order valence-electron chi connectivity index (χ1n) is 14.1. The fraction of sp³-hybridized carbons (Fsp3) is 0.562. The lowest BCUT2D eigenvalue weighted by Crippen LogP contribution is -2.50. The van der Waals surface area contributed by atoms with Crippen LogP contribution >= 0.6 is 23.5 Å². The first-order chi connectivity index (χ1) is 18.8. The zero-order valence-electron chi connectivity index (χ0n) is 23.8. The summed E-state index contributed by atoms with van der Waals surface area (Å²) >= 11 is 4.20. The lowest BCUT2D eigenvalue weighted by molar-refractivity contribution is -0.0166. The molecule has 1 N–H and O–H groups in total. The Labute approximate surface area is 245 Å². The molecular weight excluding hydrogens is 541 g/mol. The maximum absolute atomic E-state index is 10.8. The fourth-order valence-electron chi connectivity index (χ4n) is 6.07. The van der Waals surface area contributed by atoms with Gasteiger partial charge in [-0.25, -0.2) is 0 Å². The smallest absolute Gasteiger partial charge is 0.140 e. The lowest BCUT2D eigenvalue weighted by atomic mass is 10.00. The fourth-order valence-corrected chi connectivity index (χ4v) is 13.2. The number of thioether (sulfide) groups is 2. The number of methoxy groups -OCH3 is 1. The van der Waals surface area contributed by atoms with Crippen LogP contribution in [-0.2, 0) is 16.1 Å². The number of aliphatic hydroxyl groups is 1. The van der Waals surface area contributed by atoms with Gasteiger partial charge in [-0.3, -0.25) is 0 Å². The van der Waals surface area contributed by atoms with Gasteiger partial charge >= 0.3 is 0 Å². The third-order valence-corrected chi connectivity index (χ3v) is 15.9. The van der Waals surface area contributed by atoms with E-state index in [1.54, 1.807) is 7.11 Å². The summed E-state index contributed by atoms with van der Waals surface area (Å²) in [7, 11) is -0.245. The molecule has 2 aliphatic rings. The van der Waals surface area contributed by atoms with Crippen molar-refractivity contribution in [1.82, 2.24) is 0 Å². The zero-order valence-corrected chi connectivity index (χ0v) is 26.4. The third-order valence-electron chi connectivity index (χ3n) is 8.24. The first-order valence-corrected chi connectivity index (χ1v) is 19.1. The number of ether oxygens (including phenoxy) is 3. The SMILES string of the molecule is C#C[C@@H](O)[C@@H]1O[C@@H](CC2(C[C@H](C)COCc3ccc(OC)cc3)SCCCS2)C[C@H]1[Si](C)(C)c1ccccc1. The van der Waals surface area contributed by atoms with Crippen molar-refractivity contribution in [3.63, 3.8) is 0 Å². The quantitative estimate of drug-likeness (QED) is 0.232. The summed E-state index contributed by atoms with van der Waals surface area (Å²) in [5.74, 6) is 6.25. The van der Waals surface area contributed by atoms with Crippen molar-refractivity contribution in [1.29, 1.82) is 0 Å². The predicted octanol–water partition coefficient (Wildman–Crippen LogP) is 6.33. The number of benzene rings is 2. The summed E-state index contributed by atoms with van der Waals surface area (Å²) in [6, 6.07) is 18.9. The number of hydrogen-bond donors (Lipinski definition) is 1. The number of terminal acetylenes is 1. The van der Waals surface area contributed by atoms with Crippen molar-refractivity contribution in [2.75, 3.05) is 25.2 Å². The van der Waals surface area contributed by atoms with Crippen molar-refractivity contribution >= 4 is 36.8 Å². The van der Waals surface area contributed by atoms with Gasteiger partial charge < -0.3 is 19.3 Å². The van der Waals surface area contributed by atoms with Gasteiger partial charge in [0.2, 0.25) is 0 Å². The van der Waals surface area contributed by atoms with E-state index in [4.69, 9.17) is 20.6 Å². The van der Waals surface area contributed by atoms with Crippen molar-refractivity contribution in [3.05, 3.63) is 60.2 Å². The first kappa shape index (κ1) is 30.6. The van der Waals surface area contributed by atoms with Crippen LogP contribution in [0.3, 0.4) is 0 Å². The predicted molar refractivity (Wildman–Crippen MR) is 169 cm³/mol. The molecule has 0 unspecified atom stereocenters. The molecule has 5 atom stereocenters. The molecule has 0 bridgehead atoms. The molecule has 2 aromatic carbocycles. The molecule has 0 amide bonds. The van der Waals surface area contributed by atoms with Crippen LogP contribution in [0.1, 0.15) is 38.2 Å². The van der Waals surface area contributed by atoms with Gasteiger partial charge in [-0.15, -0.1) is 29.9 Å². The second-order valence-corrected chi connectivity index (χ2v) is 19.6. The summed E-state index contributed by atoms with van der Waals surface area (Å²) in [6.45, 7) is 8.45. The molecule has 7 heteroatoms. The van der Waals surface area contributed by atoms with Crippen molar-refractivity contribution in [2.24, 2.45) is 5.92 Å². The molecule has 39 heavy (non-hydrogen) atoms. The Bertz CT molecular complexity index is 1070. The molecule has 0 radical (unpaired) electrons. The van der Waals surface area contributed by atoms with E-state index in [2.05, 4.69) is 91.9 Å². The largest absolute Gasteiger partial charge is 0.497 e. The molecule has 0 saturated carbocycles. The summed E-state index contributed by atoms with van der Waals surface area (Å²) < 4.78 is 18.2. The van der Waals surface area contributed by atoms with E-state index in [0.29, 0.717) is 12.5 Å². The van der Waals surface area contributed by atoms with Gasteiger partial charge in [-0.05, 0) is 66.3 Å². The van der Waals surface area contributed by atoms with E-state index in [1.807, 2.05) is 12.1 Å². The normalized spacial score (nSPS) is 24.6. The molecule has 4 rings (SSSR count). The van der Waals surface area contributed by atoms with Crippen LogP contribution in [0.4, 0.5) is 0 Å². The molecule has 212 valence electrons. The van der Waals surface area contributed by atoms with Crippen molar-refractivity contribution < 1.29 is 19.3 Å². The highest BCUT2D eigenvalue weighted by Crippen LogP contribution is 2.53. The number of rotatable bonds is 12. The summed E-state index contributed by atoms with van der Waals surface area (Å²) in [4.78, 5) is 0. The van der Waals surface area contributed by atoms with Gasteiger partial charge in [-0.1, -0.05) is 73.6 Å². The van der Waals surface area contributed by atoms with E-state index in [-0.39, 0.29) is 21.8 Å². The second-order valence-electron chi connectivity index (χ2n) is 11.6. The third kappa shape index (κ3) is 7.87. The van der Waals surface area contributed by atoms with Gasteiger partial charge in [0.1, 0.15) is 11.9 Å². The maximum Gasteiger partial charge on any atom is 0.140 e. The van der Waals surface area contributed by atoms with Gasteiger partial charge in [0.15, 0.2) is 0 Å². The molecule has 2 saturated heterocycles. The minimum absolute atomic E-state index is 0.101.